The Labute approximate surface area is 127 Å². The van der Waals surface area contributed by atoms with Crippen LogP contribution in [-0.2, 0) is 6.42 Å². The van der Waals surface area contributed by atoms with Crippen LogP contribution in [0.2, 0.25) is 5.02 Å². The van der Waals surface area contributed by atoms with Crippen LogP contribution in [0.4, 0.5) is 0 Å². The molecule has 4 heteroatoms. The van der Waals surface area contributed by atoms with E-state index in [0.717, 1.165) is 34.6 Å². The summed E-state index contributed by atoms with van der Waals surface area (Å²) in [6, 6.07) is 10.2. The molecule has 0 saturated heterocycles. The fourth-order valence-corrected chi connectivity index (χ4v) is 2.66. The van der Waals surface area contributed by atoms with E-state index in [-0.39, 0.29) is 6.04 Å². The SMILES string of the molecule is CCCNC(Cc1ccc(Cl)cc1)c1ccoc1Br. The molecule has 1 unspecified atom stereocenters. The molecule has 0 amide bonds. The Kier molecular flexibility index (Phi) is 5.49. The fourth-order valence-electron chi connectivity index (χ4n) is 2.02. The number of nitrogens with one attached hydrogen (secondary N) is 1. The van der Waals surface area contributed by atoms with Crippen molar-refractivity contribution in [2.24, 2.45) is 0 Å². The van der Waals surface area contributed by atoms with Crippen molar-refractivity contribution in [1.82, 2.24) is 5.32 Å². The summed E-state index contributed by atoms with van der Waals surface area (Å²) < 4.78 is 6.14. The molecule has 1 atom stereocenters. The fraction of sp³-hybridized carbons (Fsp3) is 0.333. The Morgan fingerprint density at radius 1 is 1.26 bits per heavy atom. The summed E-state index contributed by atoms with van der Waals surface area (Å²) >= 11 is 9.37. The Morgan fingerprint density at radius 3 is 2.58 bits per heavy atom. The van der Waals surface area contributed by atoms with Gasteiger partial charge in [-0.1, -0.05) is 30.7 Å². The maximum atomic E-state index is 5.92. The van der Waals surface area contributed by atoms with Gasteiger partial charge in [-0.25, -0.2) is 0 Å². The zero-order valence-electron chi connectivity index (χ0n) is 10.8. The van der Waals surface area contributed by atoms with E-state index in [1.165, 1.54) is 5.56 Å². The molecule has 0 spiro atoms. The molecule has 2 aromatic rings. The molecule has 0 aliphatic heterocycles. The molecule has 0 aliphatic rings. The first kappa shape index (κ1) is 14.6. The Hall–Kier alpha value is -0.770. The molecule has 2 rings (SSSR count). The third kappa shape index (κ3) is 4.10. The van der Waals surface area contributed by atoms with Gasteiger partial charge >= 0.3 is 0 Å². The summed E-state index contributed by atoms with van der Waals surface area (Å²) in [5.41, 5.74) is 2.41. The lowest BCUT2D eigenvalue weighted by atomic mass is 10.0. The van der Waals surface area contributed by atoms with Gasteiger partial charge in [-0.15, -0.1) is 0 Å². The van der Waals surface area contributed by atoms with Crippen molar-refractivity contribution in [3.8, 4) is 0 Å². The first-order valence-corrected chi connectivity index (χ1v) is 7.58. The van der Waals surface area contributed by atoms with Gasteiger partial charge in [0.1, 0.15) is 0 Å². The zero-order chi connectivity index (χ0) is 13.7. The van der Waals surface area contributed by atoms with Crippen molar-refractivity contribution >= 4 is 27.5 Å². The van der Waals surface area contributed by atoms with Crippen LogP contribution in [0.1, 0.15) is 30.5 Å². The number of hydrogen-bond donors (Lipinski definition) is 1. The number of benzene rings is 1. The minimum atomic E-state index is 0.245. The van der Waals surface area contributed by atoms with Crippen LogP contribution in [0.5, 0.6) is 0 Å². The van der Waals surface area contributed by atoms with Crippen LogP contribution in [0.25, 0.3) is 0 Å². The normalized spacial score (nSPS) is 12.6. The molecule has 0 radical (unpaired) electrons. The van der Waals surface area contributed by atoms with Crippen molar-refractivity contribution in [3.63, 3.8) is 0 Å². The molecule has 1 aromatic heterocycles. The molecule has 1 heterocycles. The highest BCUT2D eigenvalue weighted by molar-refractivity contribution is 9.10. The highest BCUT2D eigenvalue weighted by Gasteiger charge is 2.16. The smallest absolute Gasteiger partial charge is 0.173 e. The van der Waals surface area contributed by atoms with Crippen LogP contribution >= 0.6 is 27.5 Å². The van der Waals surface area contributed by atoms with Gasteiger partial charge in [-0.05, 0) is 59.1 Å². The second-order valence-corrected chi connectivity index (χ2v) is 5.64. The van der Waals surface area contributed by atoms with Gasteiger partial charge in [0.05, 0.1) is 6.26 Å². The lowest BCUT2D eigenvalue weighted by Crippen LogP contribution is -2.24. The second-order valence-electron chi connectivity index (χ2n) is 4.49. The molecule has 0 fully saturated rings. The van der Waals surface area contributed by atoms with E-state index < -0.39 is 0 Å². The first-order chi connectivity index (χ1) is 9.20. The van der Waals surface area contributed by atoms with E-state index in [1.54, 1.807) is 6.26 Å². The van der Waals surface area contributed by atoms with Gasteiger partial charge in [-0.2, -0.15) is 0 Å². The molecule has 0 aliphatic carbocycles. The third-order valence-electron chi connectivity index (χ3n) is 3.02. The van der Waals surface area contributed by atoms with Crippen molar-refractivity contribution < 1.29 is 4.42 Å². The quantitative estimate of drug-likeness (QED) is 0.801. The molecule has 102 valence electrons. The Morgan fingerprint density at radius 2 is 2.00 bits per heavy atom. The van der Waals surface area contributed by atoms with Gasteiger partial charge in [0, 0.05) is 16.6 Å². The van der Waals surface area contributed by atoms with Crippen LogP contribution in [0, 0.1) is 0 Å². The minimum absolute atomic E-state index is 0.245. The standard InChI is InChI=1S/C15H17BrClNO/c1-2-8-18-14(13-7-9-19-15(13)16)10-11-3-5-12(17)6-4-11/h3-7,9,14,18H,2,8,10H2,1H3. The molecule has 2 nitrogen and oxygen atoms in total. The minimum Gasteiger partial charge on any atom is -0.457 e. The van der Waals surface area contributed by atoms with E-state index in [1.807, 2.05) is 18.2 Å². The number of halogens is 2. The van der Waals surface area contributed by atoms with Gasteiger partial charge < -0.3 is 9.73 Å². The number of hydrogen-bond acceptors (Lipinski definition) is 2. The van der Waals surface area contributed by atoms with Gasteiger partial charge in [0.2, 0.25) is 0 Å². The lowest BCUT2D eigenvalue weighted by Gasteiger charge is -2.18. The van der Waals surface area contributed by atoms with Crippen LogP contribution < -0.4 is 5.32 Å². The maximum Gasteiger partial charge on any atom is 0.173 e. The molecular weight excluding hydrogens is 326 g/mol. The Bertz CT molecular complexity index is 509. The average Bonchev–Trinajstić information content (AvgIpc) is 2.83. The van der Waals surface area contributed by atoms with Crippen molar-refractivity contribution in [1.29, 1.82) is 0 Å². The van der Waals surface area contributed by atoms with E-state index in [9.17, 15) is 0 Å². The zero-order valence-corrected chi connectivity index (χ0v) is 13.2. The summed E-state index contributed by atoms with van der Waals surface area (Å²) in [7, 11) is 0. The second kappa shape index (κ2) is 7.13. The van der Waals surface area contributed by atoms with Crippen LogP contribution in [-0.4, -0.2) is 6.54 Å². The highest BCUT2D eigenvalue weighted by atomic mass is 79.9. The van der Waals surface area contributed by atoms with E-state index >= 15 is 0 Å². The predicted molar refractivity (Wildman–Crippen MR) is 82.6 cm³/mol. The first-order valence-electron chi connectivity index (χ1n) is 6.41. The predicted octanol–water partition coefficient (Wildman–Crippen LogP) is 4.98. The van der Waals surface area contributed by atoms with Crippen LogP contribution in [0.15, 0.2) is 45.7 Å². The summed E-state index contributed by atoms with van der Waals surface area (Å²) in [6.45, 7) is 3.15. The monoisotopic (exact) mass is 341 g/mol. The molecule has 1 N–H and O–H groups in total. The largest absolute Gasteiger partial charge is 0.457 e. The van der Waals surface area contributed by atoms with Crippen molar-refractivity contribution in [2.75, 3.05) is 6.54 Å². The molecule has 1 aromatic carbocycles. The lowest BCUT2D eigenvalue weighted by molar-refractivity contribution is 0.498. The summed E-state index contributed by atoms with van der Waals surface area (Å²) in [5.74, 6) is 0. The van der Waals surface area contributed by atoms with E-state index in [0.29, 0.717) is 0 Å². The molecule has 0 bridgehead atoms. The van der Waals surface area contributed by atoms with Crippen LogP contribution in [0.3, 0.4) is 0 Å². The maximum absolute atomic E-state index is 5.92. The van der Waals surface area contributed by atoms with Gasteiger partial charge in [0.25, 0.3) is 0 Å². The molecule has 19 heavy (non-hydrogen) atoms. The molecule has 0 saturated carbocycles. The number of furan rings is 1. The summed E-state index contributed by atoms with van der Waals surface area (Å²) in [5, 5.41) is 4.32. The van der Waals surface area contributed by atoms with Crippen molar-refractivity contribution in [2.45, 2.75) is 25.8 Å². The molecular formula is C15H17BrClNO. The summed E-state index contributed by atoms with van der Waals surface area (Å²) in [6.07, 6.45) is 3.73. The van der Waals surface area contributed by atoms with Gasteiger partial charge in [0.15, 0.2) is 4.67 Å². The van der Waals surface area contributed by atoms with E-state index in [2.05, 4.69) is 40.3 Å². The average molecular weight is 343 g/mol. The summed E-state index contributed by atoms with van der Waals surface area (Å²) in [4.78, 5) is 0. The van der Waals surface area contributed by atoms with E-state index in [4.69, 9.17) is 16.0 Å². The topological polar surface area (TPSA) is 25.2 Å². The van der Waals surface area contributed by atoms with Gasteiger partial charge in [-0.3, -0.25) is 0 Å². The highest BCUT2D eigenvalue weighted by Crippen LogP contribution is 2.27. The van der Waals surface area contributed by atoms with Crippen molar-refractivity contribution in [3.05, 3.63) is 57.4 Å². The number of rotatable bonds is 6. The third-order valence-corrected chi connectivity index (χ3v) is 3.91. The Balaban J connectivity index is 2.14.